The van der Waals surface area contributed by atoms with E-state index in [0.717, 1.165) is 11.3 Å². The summed E-state index contributed by atoms with van der Waals surface area (Å²) in [5.74, 6) is -1.32. The standard InChI is InChI=1S/C14H12N2O4/c1-9-2-4-10(5-3-9)15-11-6-7-12(14(17)18)13(8-11)16(19)20/h2-8,15H,1H3,(H,17,18). The fourth-order valence-electron chi connectivity index (χ4n) is 1.74. The Labute approximate surface area is 114 Å². The molecule has 0 fully saturated rings. The van der Waals surface area contributed by atoms with E-state index in [4.69, 9.17) is 5.11 Å². The number of carbonyl (C=O) groups is 1. The number of hydrogen-bond donors (Lipinski definition) is 2. The van der Waals surface area contributed by atoms with E-state index < -0.39 is 16.6 Å². The number of carboxylic acid groups (broad SMARTS) is 1. The molecule has 2 aromatic rings. The molecule has 0 saturated heterocycles. The van der Waals surface area contributed by atoms with Crippen molar-refractivity contribution < 1.29 is 14.8 Å². The summed E-state index contributed by atoms with van der Waals surface area (Å²) in [6, 6.07) is 11.4. The van der Waals surface area contributed by atoms with Crippen LogP contribution in [0.4, 0.5) is 17.1 Å². The molecule has 2 aromatic carbocycles. The van der Waals surface area contributed by atoms with Gasteiger partial charge in [-0.3, -0.25) is 10.1 Å². The van der Waals surface area contributed by atoms with Crippen LogP contribution < -0.4 is 5.32 Å². The Hall–Kier alpha value is -2.89. The highest BCUT2D eigenvalue weighted by molar-refractivity contribution is 5.93. The van der Waals surface area contributed by atoms with E-state index in [1.54, 1.807) is 0 Å². The molecule has 0 saturated carbocycles. The van der Waals surface area contributed by atoms with Gasteiger partial charge in [0.1, 0.15) is 5.56 Å². The van der Waals surface area contributed by atoms with Crippen LogP contribution in [0.2, 0.25) is 0 Å². The fourth-order valence-corrected chi connectivity index (χ4v) is 1.74. The minimum Gasteiger partial charge on any atom is -0.477 e. The number of nitro groups is 1. The Bertz CT molecular complexity index is 665. The predicted molar refractivity (Wildman–Crippen MR) is 74.5 cm³/mol. The van der Waals surface area contributed by atoms with Crippen molar-refractivity contribution in [1.29, 1.82) is 0 Å². The van der Waals surface area contributed by atoms with Gasteiger partial charge in [0, 0.05) is 17.4 Å². The number of aryl methyl sites for hydroxylation is 1. The topological polar surface area (TPSA) is 92.5 Å². The van der Waals surface area contributed by atoms with Gasteiger partial charge in [-0.2, -0.15) is 0 Å². The van der Waals surface area contributed by atoms with Crippen LogP contribution in [0.5, 0.6) is 0 Å². The fraction of sp³-hybridized carbons (Fsp3) is 0.0714. The Morgan fingerprint density at radius 2 is 1.75 bits per heavy atom. The highest BCUT2D eigenvalue weighted by Crippen LogP contribution is 2.25. The molecule has 102 valence electrons. The molecular formula is C14H12N2O4. The summed E-state index contributed by atoms with van der Waals surface area (Å²) in [5, 5.41) is 22.8. The average molecular weight is 272 g/mol. The van der Waals surface area contributed by atoms with E-state index in [-0.39, 0.29) is 5.56 Å². The van der Waals surface area contributed by atoms with E-state index in [0.29, 0.717) is 5.69 Å². The maximum atomic E-state index is 10.9. The van der Waals surface area contributed by atoms with Crippen LogP contribution in [0.1, 0.15) is 15.9 Å². The molecule has 0 aliphatic rings. The number of anilines is 2. The molecule has 0 aliphatic carbocycles. The van der Waals surface area contributed by atoms with Crippen molar-refractivity contribution in [1.82, 2.24) is 0 Å². The Balaban J connectivity index is 2.34. The van der Waals surface area contributed by atoms with E-state index in [9.17, 15) is 14.9 Å². The summed E-state index contributed by atoms with van der Waals surface area (Å²) >= 11 is 0. The molecule has 0 heterocycles. The lowest BCUT2D eigenvalue weighted by atomic mass is 10.1. The normalized spacial score (nSPS) is 10.1. The third-order valence-corrected chi connectivity index (χ3v) is 2.77. The van der Waals surface area contributed by atoms with Crippen molar-refractivity contribution in [2.45, 2.75) is 6.92 Å². The van der Waals surface area contributed by atoms with Crippen LogP contribution in [0.15, 0.2) is 42.5 Å². The van der Waals surface area contributed by atoms with Gasteiger partial charge in [-0.05, 0) is 31.2 Å². The van der Waals surface area contributed by atoms with Gasteiger partial charge >= 0.3 is 5.97 Å². The molecule has 2 N–H and O–H groups in total. The van der Waals surface area contributed by atoms with Gasteiger partial charge in [0.15, 0.2) is 0 Å². The van der Waals surface area contributed by atoms with Gasteiger partial charge in [0.05, 0.1) is 4.92 Å². The molecule has 6 heteroatoms. The number of rotatable bonds is 4. The number of benzene rings is 2. The van der Waals surface area contributed by atoms with Gasteiger partial charge in [-0.1, -0.05) is 17.7 Å². The summed E-state index contributed by atoms with van der Waals surface area (Å²) in [7, 11) is 0. The highest BCUT2D eigenvalue weighted by Gasteiger charge is 2.19. The lowest BCUT2D eigenvalue weighted by Gasteiger charge is -2.07. The number of hydrogen-bond acceptors (Lipinski definition) is 4. The SMILES string of the molecule is Cc1ccc(Nc2ccc(C(=O)O)c([N+](=O)[O-])c2)cc1. The number of aromatic carboxylic acids is 1. The second-order valence-corrected chi connectivity index (χ2v) is 4.29. The molecule has 0 bridgehead atoms. The van der Waals surface area contributed by atoms with E-state index in [1.807, 2.05) is 31.2 Å². The van der Waals surface area contributed by atoms with Gasteiger partial charge in [0.2, 0.25) is 0 Å². The lowest BCUT2D eigenvalue weighted by molar-refractivity contribution is -0.385. The van der Waals surface area contributed by atoms with Crippen molar-refractivity contribution in [2.75, 3.05) is 5.32 Å². The average Bonchev–Trinajstić information content (AvgIpc) is 2.41. The Kier molecular flexibility index (Phi) is 3.65. The summed E-state index contributed by atoms with van der Waals surface area (Å²) in [4.78, 5) is 21.1. The molecule has 0 amide bonds. The zero-order valence-corrected chi connectivity index (χ0v) is 10.7. The number of nitrogens with zero attached hydrogens (tertiary/aromatic N) is 1. The van der Waals surface area contributed by atoms with Gasteiger partial charge in [-0.25, -0.2) is 4.79 Å². The van der Waals surface area contributed by atoms with Crippen LogP contribution in [0.25, 0.3) is 0 Å². The molecule has 0 aliphatic heterocycles. The van der Waals surface area contributed by atoms with E-state index >= 15 is 0 Å². The van der Waals surface area contributed by atoms with Crippen molar-refractivity contribution in [3.63, 3.8) is 0 Å². The van der Waals surface area contributed by atoms with Crippen LogP contribution in [-0.2, 0) is 0 Å². The monoisotopic (exact) mass is 272 g/mol. The minimum absolute atomic E-state index is 0.329. The smallest absolute Gasteiger partial charge is 0.342 e. The van der Waals surface area contributed by atoms with E-state index in [1.165, 1.54) is 18.2 Å². The van der Waals surface area contributed by atoms with Crippen LogP contribution in [-0.4, -0.2) is 16.0 Å². The molecule has 0 aromatic heterocycles. The zero-order valence-electron chi connectivity index (χ0n) is 10.7. The molecule has 0 radical (unpaired) electrons. The maximum absolute atomic E-state index is 10.9. The minimum atomic E-state index is -1.32. The summed E-state index contributed by atoms with van der Waals surface area (Å²) in [6.45, 7) is 1.95. The first-order chi connectivity index (χ1) is 9.47. The number of carboxylic acids is 1. The van der Waals surface area contributed by atoms with Gasteiger partial charge in [-0.15, -0.1) is 0 Å². The van der Waals surface area contributed by atoms with Crippen LogP contribution in [0, 0.1) is 17.0 Å². The quantitative estimate of drug-likeness (QED) is 0.657. The summed E-state index contributed by atoms with van der Waals surface area (Å²) in [6.07, 6.45) is 0. The number of nitrogens with one attached hydrogen (secondary N) is 1. The van der Waals surface area contributed by atoms with Crippen LogP contribution in [0.3, 0.4) is 0 Å². The zero-order chi connectivity index (χ0) is 14.7. The first-order valence-corrected chi connectivity index (χ1v) is 5.83. The van der Waals surface area contributed by atoms with Crippen molar-refractivity contribution in [2.24, 2.45) is 0 Å². The second-order valence-electron chi connectivity index (χ2n) is 4.29. The maximum Gasteiger partial charge on any atom is 0.342 e. The third kappa shape index (κ3) is 2.92. The molecule has 0 spiro atoms. The van der Waals surface area contributed by atoms with E-state index in [2.05, 4.69) is 5.32 Å². The van der Waals surface area contributed by atoms with Crippen LogP contribution >= 0.6 is 0 Å². The van der Waals surface area contributed by atoms with Gasteiger partial charge in [0.25, 0.3) is 5.69 Å². The predicted octanol–water partition coefficient (Wildman–Crippen LogP) is 3.35. The lowest BCUT2D eigenvalue weighted by Crippen LogP contribution is -2.03. The number of nitro benzene ring substituents is 1. The third-order valence-electron chi connectivity index (χ3n) is 2.77. The second kappa shape index (κ2) is 5.40. The first-order valence-electron chi connectivity index (χ1n) is 5.83. The summed E-state index contributed by atoms with van der Waals surface area (Å²) < 4.78 is 0. The molecule has 6 nitrogen and oxygen atoms in total. The largest absolute Gasteiger partial charge is 0.477 e. The van der Waals surface area contributed by atoms with Crippen molar-refractivity contribution >= 4 is 23.0 Å². The Morgan fingerprint density at radius 1 is 1.15 bits per heavy atom. The molecule has 2 rings (SSSR count). The molecular weight excluding hydrogens is 260 g/mol. The molecule has 20 heavy (non-hydrogen) atoms. The molecule has 0 atom stereocenters. The van der Waals surface area contributed by atoms with Crippen molar-refractivity contribution in [3.8, 4) is 0 Å². The summed E-state index contributed by atoms with van der Waals surface area (Å²) in [5.41, 5.74) is 1.57. The van der Waals surface area contributed by atoms with Gasteiger partial charge < -0.3 is 10.4 Å². The first kappa shape index (κ1) is 13.5. The van der Waals surface area contributed by atoms with Crippen molar-refractivity contribution in [3.05, 3.63) is 63.7 Å². The molecule has 0 unspecified atom stereocenters. The highest BCUT2D eigenvalue weighted by atomic mass is 16.6. The Morgan fingerprint density at radius 3 is 2.30 bits per heavy atom.